The molecule has 1 fully saturated rings. The number of rotatable bonds is 2. The number of halogens is 3. The Hall–Kier alpha value is -0.230. The molecule has 0 unspecified atom stereocenters. The predicted octanol–water partition coefficient (Wildman–Crippen LogP) is 5.33. The second-order valence-corrected chi connectivity index (χ2v) is 7.30. The van der Waals surface area contributed by atoms with Crippen molar-refractivity contribution in [3.63, 3.8) is 0 Å². The number of hydrogen-bond donors (Lipinski definition) is 0. The van der Waals surface area contributed by atoms with E-state index >= 15 is 0 Å². The highest BCUT2D eigenvalue weighted by atomic mass is 79.9. The molecular weight excluding hydrogens is 369 g/mol. The average molecular weight is 379 g/mol. The van der Waals surface area contributed by atoms with E-state index < -0.39 is 0 Å². The summed E-state index contributed by atoms with van der Waals surface area (Å²) < 4.78 is 1.44. The van der Waals surface area contributed by atoms with Gasteiger partial charge in [-0.1, -0.05) is 47.4 Å². The van der Waals surface area contributed by atoms with E-state index in [0.29, 0.717) is 26.2 Å². The first-order valence-electron chi connectivity index (χ1n) is 6.00. The van der Waals surface area contributed by atoms with Gasteiger partial charge in [0.15, 0.2) is 10.8 Å². The zero-order valence-electron chi connectivity index (χ0n) is 9.87. The van der Waals surface area contributed by atoms with E-state index in [9.17, 15) is 0 Å². The molecule has 2 aromatic rings. The molecule has 3 nitrogen and oxygen atoms in total. The van der Waals surface area contributed by atoms with Crippen LogP contribution >= 0.6 is 50.5 Å². The SMILES string of the molecule is Clc1cnc(-c2nc(Cl)c(Br)c(C3CCCC3)n2)s1. The zero-order chi connectivity index (χ0) is 13.4. The summed E-state index contributed by atoms with van der Waals surface area (Å²) in [6.07, 6.45) is 6.42. The lowest BCUT2D eigenvalue weighted by molar-refractivity contribution is 0.690. The van der Waals surface area contributed by atoms with Gasteiger partial charge in [0, 0.05) is 5.92 Å². The summed E-state index contributed by atoms with van der Waals surface area (Å²) in [5, 5.41) is 1.15. The maximum absolute atomic E-state index is 6.20. The van der Waals surface area contributed by atoms with E-state index in [2.05, 4.69) is 30.9 Å². The number of hydrogen-bond acceptors (Lipinski definition) is 4. The minimum absolute atomic E-state index is 0.443. The molecule has 2 aromatic heterocycles. The molecule has 1 aliphatic rings. The minimum atomic E-state index is 0.443. The Morgan fingerprint density at radius 1 is 1.21 bits per heavy atom. The van der Waals surface area contributed by atoms with Gasteiger partial charge in [-0.05, 0) is 28.8 Å². The summed E-state index contributed by atoms with van der Waals surface area (Å²) >= 11 is 17.0. The van der Waals surface area contributed by atoms with Crippen molar-refractivity contribution in [2.45, 2.75) is 31.6 Å². The highest BCUT2D eigenvalue weighted by molar-refractivity contribution is 9.10. The zero-order valence-corrected chi connectivity index (χ0v) is 13.8. The molecule has 0 atom stereocenters. The molecule has 100 valence electrons. The van der Waals surface area contributed by atoms with Crippen LogP contribution in [0.25, 0.3) is 10.8 Å². The first-order valence-corrected chi connectivity index (χ1v) is 8.36. The summed E-state index contributed by atoms with van der Waals surface area (Å²) in [4.78, 5) is 13.1. The maximum Gasteiger partial charge on any atom is 0.190 e. The van der Waals surface area contributed by atoms with Crippen molar-refractivity contribution in [3.8, 4) is 10.8 Å². The average Bonchev–Trinajstić information content (AvgIpc) is 3.03. The van der Waals surface area contributed by atoms with E-state index in [4.69, 9.17) is 23.2 Å². The van der Waals surface area contributed by atoms with Crippen LogP contribution in [-0.2, 0) is 0 Å². The molecule has 0 saturated heterocycles. The Balaban J connectivity index is 2.06. The standard InChI is InChI=1S/C12H10BrCl2N3S/c13-8-9(6-3-1-2-4-6)17-11(18-10(8)15)12-16-5-7(14)19-12/h5-6H,1-4H2. The lowest BCUT2D eigenvalue weighted by atomic mass is 10.0. The van der Waals surface area contributed by atoms with Gasteiger partial charge in [0.05, 0.1) is 16.4 Å². The van der Waals surface area contributed by atoms with Crippen LogP contribution in [0.2, 0.25) is 9.49 Å². The van der Waals surface area contributed by atoms with Gasteiger partial charge in [-0.25, -0.2) is 15.0 Å². The van der Waals surface area contributed by atoms with Gasteiger partial charge < -0.3 is 0 Å². The van der Waals surface area contributed by atoms with E-state index in [1.165, 1.54) is 24.2 Å². The van der Waals surface area contributed by atoms with Crippen LogP contribution in [0.4, 0.5) is 0 Å². The van der Waals surface area contributed by atoms with Crippen LogP contribution in [0.15, 0.2) is 10.7 Å². The van der Waals surface area contributed by atoms with Crippen molar-refractivity contribution in [1.82, 2.24) is 15.0 Å². The molecule has 1 aliphatic carbocycles. The van der Waals surface area contributed by atoms with Crippen molar-refractivity contribution in [2.75, 3.05) is 0 Å². The second kappa shape index (κ2) is 5.64. The van der Waals surface area contributed by atoms with E-state index in [1.54, 1.807) is 6.20 Å². The molecule has 3 rings (SSSR count). The molecular formula is C12H10BrCl2N3S. The van der Waals surface area contributed by atoms with Crippen LogP contribution < -0.4 is 0 Å². The maximum atomic E-state index is 6.20. The molecule has 7 heteroatoms. The minimum Gasteiger partial charge on any atom is -0.240 e. The second-order valence-electron chi connectivity index (χ2n) is 4.49. The van der Waals surface area contributed by atoms with Gasteiger partial charge in [-0.15, -0.1) is 0 Å². The lowest BCUT2D eigenvalue weighted by Gasteiger charge is -2.12. The highest BCUT2D eigenvalue weighted by Crippen LogP contribution is 2.39. The number of aromatic nitrogens is 3. The highest BCUT2D eigenvalue weighted by Gasteiger charge is 2.24. The van der Waals surface area contributed by atoms with Crippen molar-refractivity contribution >= 4 is 50.5 Å². The largest absolute Gasteiger partial charge is 0.240 e. The van der Waals surface area contributed by atoms with Gasteiger partial charge in [0.1, 0.15) is 9.49 Å². The quantitative estimate of drug-likeness (QED) is 0.663. The predicted molar refractivity (Wildman–Crippen MR) is 82.1 cm³/mol. The van der Waals surface area contributed by atoms with Gasteiger partial charge in [-0.2, -0.15) is 0 Å². The summed E-state index contributed by atoms with van der Waals surface area (Å²) in [6.45, 7) is 0. The van der Waals surface area contributed by atoms with Gasteiger partial charge in [0.2, 0.25) is 0 Å². The van der Waals surface area contributed by atoms with Gasteiger partial charge in [-0.3, -0.25) is 0 Å². The molecule has 0 aromatic carbocycles. The summed E-state index contributed by atoms with van der Waals surface area (Å²) in [7, 11) is 0. The van der Waals surface area contributed by atoms with E-state index in [1.807, 2.05) is 0 Å². The van der Waals surface area contributed by atoms with Gasteiger partial charge >= 0.3 is 0 Å². The smallest absolute Gasteiger partial charge is 0.190 e. The number of nitrogens with zero attached hydrogens (tertiary/aromatic N) is 3. The third kappa shape index (κ3) is 2.79. The third-order valence-corrected chi connectivity index (χ3v) is 5.64. The first kappa shape index (κ1) is 13.7. The normalized spacial score (nSPS) is 16.2. The van der Waals surface area contributed by atoms with E-state index in [0.717, 1.165) is 23.0 Å². The number of thiazole rings is 1. The summed E-state index contributed by atoms with van der Waals surface area (Å²) in [5.41, 5.74) is 0.999. The van der Waals surface area contributed by atoms with Crippen molar-refractivity contribution < 1.29 is 0 Å². The van der Waals surface area contributed by atoms with Crippen molar-refractivity contribution in [3.05, 3.63) is 25.9 Å². The van der Waals surface area contributed by atoms with Crippen LogP contribution in [0, 0.1) is 0 Å². The summed E-state index contributed by atoms with van der Waals surface area (Å²) in [5.74, 6) is 1.02. The lowest BCUT2D eigenvalue weighted by Crippen LogP contribution is -2.02. The van der Waals surface area contributed by atoms with Crippen LogP contribution in [0.1, 0.15) is 37.3 Å². The molecule has 1 saturated carbocycles. The Labute approximate surface area is 133 Å². The Kier molecular flexibility index (Phi) is 4.08. The molecule has 0 amide bonds. The fraction of sp³-hybridized carbons (Fsp3) is 0.417. The molecule has 0 N–H and O–H groups in total. The molecule has 0 spiro atoms. The monoisotopic (exact) mass is 377 g/mol. The van der Waals surface area contributed by atoms with Crippen molar-refractivity contribution in [1.29, 1.82) is 0 Å². The van der Waals surface area contributed by atoms with Crippen LogP contribution in [0.3, 0.4) is 0 Å². The molecule has 19 heavy (non-hydrogen) atoms. The van der Waals surface area contributed by atoms with Crippen LogP contribution in [-0.4, -0.2) is 15.0 Å². The van der Waals surface area contributed by atoms with E-state index in [-0.39, 0.29) is 0 Å². The third-order valence-electron chi connectivity index (χ3n) is 3.25. The Morgan fingerprint density at radius 2 is 1.95 bits per heavy atom. The molecule has 0 bridgehead atoms. The topological polar surface area (TPSA) is 38.7 Å². The fourth-order valence-corrected chi connectivity index (χ4v) is 3.88. The van der Waals surface area contributed by atoms with Gasteiger partial charge in [0.25, 0.3) is 0 Å². The van der Waals surface area contributed by atoms with Crippen molar-refractivity contribution in [2.24, 2.45) is 0 Å². The fourth-order valence-electron chi connectivity index (χ4n) is 2.36. The Morgan fingerprint density at radius 3 is 2.58 bits per heavy atom. The molecule has 0 radical (unpaired) electrons. The first-order chi connectivity index (χ1) is 9.15. The molecule has 2 heterocycles. The Bertz CT molecular complexity index is 611. The summed E-state index contributed by atoms with van der Waals surface area (Å²) in [6, 6.07) is 0. The van der Waals surface area contributed by atoms with Crippen LogP contribution in [0.5, 0.6) is 0 Å². The molecule has 0 aliphatic heterocycles.